The summed E-state index contributed by atoms with van der Waals surface area (Å²) in [6.07, 6.45) is 10.2. The summed E-state index contributed by atoms with van der Waals surface area (Å²) in [5.41, 5.74) is 4.69. The van der Waals surface area contributed by atoms with Crippen LogP contribution in [0, 0.1) is 17.8 Å². The first kappa shape index (κ1) is 30.4. The van der Waals surface area contributed by atoms with Crippen molar-refractivity contribution in [2.24, 2.45) is 17.8 Å². The van der Waals surface area contributed by atoms with Crippen LogP contribution in [0.1, 0.15) is 79.7 Å². The van der Waals surface area contributed by atoms with E-state index >= 15 is 0 Å². The van der Waals surface area contributed by atoms with E-state index in [0.29, 0.717) is 0 Å². The second kappa shape index (κ2) is 13.2. The van der Waals surface area contributed by atoms with Crippen molar-refractivity contribution in [2.75, 3.05) is 25.5 Å². The normalized spacial score (nSPS) is 30.4. The van der Waals surface area contributed by atoms with Crippen LogP contribution < -0.4 is 10.6 Å². The van der Waals surface area contributed by atoms with Gasteiger partial charge in [0.1, 0.15) is 0 Å². The van der Waals surface area contributed by atoms with Crippen molar-refractivity contribution in [3.05, 3.63) is 95.3 Å². The van der Waals surface area contributed by atoms with Gasteiger partial charge in [-0.25, -0.2) is 4.79 Å². The van der Waals surface area contributed by atoms with Crippen LogP contribution in [0.3, 0.4) is 0 Å². The fourth-order valence-electron chi connectivity index (χ4n) is 8.71. The zero-order valence-corrected chi connectivity index (χ0v) is 26.2. The molecule has 2 aromatic carbocycles. The molecule has 1 saturated heterocycles. The number of aliphatic hydroxyl groups excluding tert-OH is 1. The maximum Gasteiger partial charge on any atom is 0.319 e. The zero-order chi connectivity index (χ0) is 30.8. The highest BCUT2D eigenvalue weighted by molar-refractivity contribution is 5.89. The minimum absolute atomic E-state index is 0.0160. The number of hydrogen-bond donors (Lipinski definition) is 3. The third-order valence-electron chi connectivity index (χ3n) is 10.5. The fourth-order valence-corrected chi connectivity index (χ4v) is 8.71. The molecule has 8 heteroatoms. The van der Waals surface area contributed by atoms with Crippen LogP contribution in [-0.4, -0.2) is 52.8 Å². The number of nitrogens with one attached hydrogen (secondary N) is 2. The van der Waals surface area contributed by atoms with Crippen molar-refractivity contribution in [2.45, 2.75) is 82.0 Å². The predicted octanol–water partition coefficient (Wildman–Crippen LogP) is 6.38. The SMILES string of the molecule is CN(CCc1ccccn1)CC1CC(c2ccc(CO)cc2)OC(c2ccc(NC(=O)NC34CC5CC(CC(C5)C3)C4)cc2)O1. The molecule has 5 aliphatic rings. The third-order valence-corrected chi connectivity index (χ3v) is 10.5. The number of amides is 2. The fraction of sp³-hybridized carbons (Fsp3) is 0.514. The summed E-state index contributed by atoms with van der Waals surface area (Å²) in [6, 6.07) is 21.8. The number of hydrogen-bond acceptors (Lipinski definition) is 6. The van der Waals surface area contributed by atoms with E-state index in [-0.39, 0.29) is 30.4 Å². The molecule has 8 nitrogen and oxygen atoms in total. The van der Waals surface area contributed by atoms with Gasteiger partial charge in [0.05, 0.1) is 18.8 Å². The van der Waals surface area contributed by atoms with E-state index < -0.39 is 6.29 Å². The zero-order valence-electron chi connectivity index (χ0n) is 26.2. The van der Waals surface area contributed by atoms with Crippen LogP contribution >= 0.6 is 0 Å². The molecule has 0 spiro atoms. The number of likely N-dealkylation sites (N-methyl/N-ethyl adjacent to an activating group) is 1. The quantitative estimate of drug-likeness (QED) is 0.247. The molecule has 4 aliphatic carbocycles. The summed E-state index contributed by atoms with van der Waals surface area (Å²) in [6.45, 7) is 1.66. The lowest BCUT2D eigenvalue weighted by Gasteiger charge is -2.56. The Bertz CT molecular complexity index is 1400. The lowest BCUT2D eigenvalue weighted by molar-refractivity contribution is -0.252. The van der Waals surface area contributed by atoms with E-state index in [1.807, 2.05) is 66.9 Å². The molecule has 8 rings (SSSR count). The number of rotatable bonds is 10. The van der Waals surface area contributed by atoms with E-state index in [4.69, 9.17) is 9.47 Å². The summed E-state index contributed by atoms with van der Waals surface area (Å²) in [5, 5.41) is 16.0. The van der Waals surface area contributed by atoms with Crippen molar-refractivity contribution < 1.29 is 19.4 Å². The van der Waals surface area contributed by atoms with Crippen molar-refractivity contribution in [1.82, 2.24) is 15.2 Å². The number of benzene rings is 2. The smallest absolute Gasteiger partial charge is 0.319 e. The molecule has 3 N–H and O–H groups in total. The maximum atomic E-state index is 13.1. The molecule has 2 heterocycles. The van der Waals surface area contributed by atoms with Gasteiger partial charge < -0.3 is 30.1 Å². The van der Waals surface area contributed by atoms with Crippen molar-refractivity contribution in [3.63, 3.8) is 0 Å². The minimum atomic E-state index is -0.537. The highest BCUT2D eigenvalue weighted by atomic mass is 16.7. The number of carbonyl (C=O) groups excluding carboxylic acids is 1. The van der Waals surface area contributed by atoms with Crippen LogP contribution in [0.5, 0.6) is 0 Å². The van der Waals surface area contributed by atoms with Gasteiger partial charge in [-0.1, -0.05) is 42.5 Å². The Morgan fingerprint density at radius 3 is 2.24 bits per heavy atom. The second-order valence-corrected chi connectivity index (χ2v) is 14.1. The Kier molecular flexibility index (Phi) is 8.91. The van der Waals surface area contributed by atoms with Gasteiger partial charge in [-0.3, -0.25) is 4.98 Å². The van der Waals surface area contributed by atoms with Gasteiger partial charge in [-0.05, 0) is 98.7 Å². The number of ether oxygens (including phenoxy) is 2. The average Bonchev–Trinajstić information content (AvgIpc) is 3.03. The van der Waals surface area contributed by atoms with Gasteiger partial charge in [0, 0.05) is 54.6 Å². The summed E-state index contributed by atoms with van der Waals surface area (Å²) < 4.78 is 13.1. The molecule has 4 bridgehead atoms. The molecule has 238 valence electrons. The molecule has 3 atom stereocenters. The number of aromatic nitrogens is 1. The van der Waals surface area contributed by atoms with Gasteiger partial charge in [0.25, 0.3) is 0 Å². The summed E-state index contributed by atoms with van der Waals surface area (Å²) in [4.78, 5) is 19.9. The van der Waals surface area contributed by atoms with E-state index in [1.54, 1.807) is 0 Å². The molecular weight excluding hydrogens is 564 g/mol. The van der Waals surface area contributed by atoms with Gasteiger partial charge in [0.2, 0.25) is 0 Å². The predicted molar refractivity (Wildman–Crippen MR) is 173 cm³/mol. The maximum absolute atomic E-state index is 13.1. The van der Waals surface area contributed by atoms with Crippen LogP contribution in [0.4, 0.5) is 10.5 Å². The van der Waals surface area contributed by atoms with E-state index in [1.165, 1.54) is 19.3 Å². The average molecular weight is 611 g/mol. The van der Waals surface area contributed by atoms with Gasteiger partial charge in [-0.15, -0.1) is 0 Å². The van der Waals surface area contributed by atoms with Crippen LogP contribution in [0.15, 0.2) is 72.9 Å². The first-order chi connectivity index (χ1) is 21.9. The highest BCUT2D eigenvalue weighted by Crippen LogP contribution is 2.55. The van der Waals surface area contributed by atoms with Crippen molar-refractivity contribution in [1.29, 1.82) is 0 Å². The number of urea groups is 1. The largest absolute Gasteiger partial charge is 0.392 e. The lowest BCUT2D eigenvalue weighted by atomic mass is 9.53. The monoisotopic (exact) mass is 610 g/mol. The molecule has 1 aliphatic heterocycles. The number of pyridine rings is 1. The van der Waals surface area contributed by atoms with Crippen LogP contribution in [0.2, 0.25) is 0 Å². The van der Waals surface area contributed by atoms with E-state index in [2.05, 4.69) is 33.6 Å². The van der Waals surface area contributed by atoms with E-state index in [9.17, 15) is 9.90 Å². The summed E-state index contributed by atoms with van der Waals surface area (Å²) >= 11 is 0. The lowest BCUT2D eigenvalue weighted by Crippen LogP contribution is -2.60. The van der Waals surface area contributed by atoms with Gasteiger partial charge in [0.15, 0.2) is 6.29 Å². The standard InChI is InChI=1S/C37H46N4O4/c1-41(15-13-31-4-2-3-14-38-31)23-33-19-34(29-7-5-25(24-42)6-8-29)45-35(44-33)30-9-11-32(12-10-30)39-36(43)40-37-20-26-16-27(21-37)18-28(17-26)22-37/h2-12,14,26-28,33-35,42H,13,15-24H2,1H3,(H2,39,40,43). The molecule has 3 aromatic rings. The molecule has 4 saturated carbocycles. The molecule has 0 radical (unpaired) electrons. The molecular formula is C37H46N4O4. The third kappa shape index (κ3) is 7.25. The Balaban J connectivity index is 1.00. The topological polar surface area (TPSA) is 96.0 Å². The minimum Gasteiger partial charge on any atom is -0.392 e. The number of anilines is 1. The Morgan fingerprint density at radius 1 is 0.911 bits per heavy atom. The van der Waals surface area contributed by atoms with Gasteiger partial charge >= 0.3 is 6.03 Å². The number of nitrogens with zero attached hydrogens (tertiary/aromatic N) is 2. The van der Waals surface area contributed by atoms with Crippen LogP contribution in [0.25, 0.3) is 0 Å². The first-order valence-corrected chi connectivity index (χ1v) is 16.7. The summed E-state index contributed by atoms with van der Waals surface area (Å²) in [7, 11) is 2.12. The molecule has 1 aromatic heterocycles. The molecule has 3 unspecified atom stereocenters. The second-order valence-electron chi connectivity index (χ2n) is 14.1. The van der Waals surface area contributed by atoms with Gasteiger partial charge in [-0.2, -0.15) is 0 Å². The highest BCUT2D eigenvalue weighted by Gasteiger charge is 2.51. The molecule has 5 fully saturated rings. The first-order valence-electron chi connectivity index (χ1n) is 16.7. The van der Waals surface area contributed by atoms with Crippen LogP contribution in [-0.2, 0) is 22.5 Å². The molecule has 2 amide bonds. The molecule has 45 heavy (non-hydrogen) atoms. The Labute approximate surface area is 266 Å². The van der Waals surface area contributed by atoms with E-state index in [0.717, 1.165) is 91.0 Å². The Hall–Kier alpha value is -3.30. The summed E-state index contributed by atoms with van der Waals surface area (Å²) in [5.74, 6) is 2.35. The number of carbonyl (C=O) groups is 1. The number of aliphatic hydroxyl groups is 1. The Morgan fingerprint density at radius 2 is 1.60 bits per heavy atom. The van der Waals surface area contributed by atoms with Crippen molar-refractivity contribution in [3.8, 4) is 0 Å². The van der Waals surface area contributed by atoms with Crippen molar-refractivity contribution >= 4 is 11.7 Å².